The number of hydrogen-bond acceptors (Lipinski definition) is 7. The van der Waals surface area contributed by atoms with Gasteiger partial charge in [0.15, 0.2) is 11.6 Å². The molecule has 5 heterocycles. The second kappa shape index (κ2) is 27.6. The van der Waals surface area contributed by atoms with Gasteiger partial charge in [-0.3, -0.25) is 15.0 Å². The quantitative estimate of drug-likeness (QED) is 0.113. The lowest BCUT2D eigenvalue weighted by molar-refractivity contribution is 1.18. The topological polar surface area (TPSA) is 90.2 Å². The summed E-state index contributed by atoms with van der Waals surface area (Å²) in [4.78, 5) is 34.0. The Kier molecular flexibility index (Phi) is 16.5. The average Bonchev–Trinajstić information content (AvgIpc) is 0.738. The molecule has 14 aromatic carbocycles. The molecule has 486 valence electrons. The van der Waals surface area contributed by atoms with Crippen LogP contribution in [-0.2, 0) is 0 Å². The van der Waals surface area contributed by atoms with Crippen molar-refractivity contribution in [2.75, 3.05) is 0 Å². The van der Waals surface area contributed by atoms with Crippen LogP contribution in [0.4, 0.5) is 0 Å². The molecule has 0 saturated carbocycles. The van der Waals surface area contributed by atoms with Crippen molar-refractivity contribution in [3.05, 3.63) is 383 Å². The lowest BCUT2D eigenvalue weighted by atomic mass is 9.85. The number of nitrogens with zero attached hydrogens (tertiary/aromatic N) is 7. The van der Waals surface area contributed by atoms with E-state index in [0.29, 0.717) is 11.6 Å². The van der Waals surface area contributed by atoms with Crippen LogP contribution in [0.3, 0.4) is 0 Å². The van der Waals surface area contributed by atoms with E-state index in [1.54, 1.807) is 18.6 Å². The Bertz CT molecular complexity index is 6270. The zero-order chi connectivity index (χ0) is 69.1. The SMILES string of the molecule is c1ccc(-c2c3ccccc3c(-c3cccc(-c4nc(-c5ccc(-c6cccnc6)cc5)cc(-c5cccc6ccccc56)n4)c3)c3ccccc23)cc1.c1ccc(-c2c3ccccc3c(-c3cccc(-c4nc(-c5cccnc5)cc(-c5cccc(-c6cccnc6)c5)n4)c3)c3ccccc23)cc1. The summed E-state index contributed by atoms with van der Waals surface area (Å²) >= 11 is 0. The standard InChI is InChI=1S/C51H33N3.C46H30N4/c1-2-14-37(15-3-1)49-43-21-6-8-23-45(43)50(46-24-9-7-22-44(46)49)38-17-10-18-39(31-38)51-53-47(36-28-26-34(27-29-36)40-19-12-30-52-33-40)32-48(54-51)42-25-11-16-35-13-4-5-20-41(35)42;1-2-12-31(13-3-1)44-38-20-4-6-22-40(38)45(41-23-7-5-21-39(41)44)34-16-9-17-35(27-34)46-49-42(28-43(50-46)37-19-11-25-48-30-37)33-15-8-14-32(26-33)36-18-10-24-47-29-36/h1-33H;1-30H. The van der Waals surface area contributed by atoms with E-state index in [4.69, 9.17) is 19.9 Å². The molecule has 0 aliphatic carbocycles. The van der Waals surface area contributed by atoms with Gasteiger partial charge in [-0.2, -0.15) is 0 Å². The number of hydrogen-bond donors (Lipinski definition) is 0. The molecule has 0 N–H and O–H groups in total. The summed E-state index contributed by atoms with van der Waals surface area (Å²) in [7, 11) is 0. The molecule has 0 radical (unpaired) electrons. The number of pyridine rings is 3. The molecule has 0 amide bonds. The minimum Gasteiger partial charge on any atom is -0.264 e. The molecule has 0 aliphatic heterocycles. The number of fused-ring (bicyclic) bond motifs is 5. The Hall–Kier alpha value is -14.0. The molecule has 0 atom stereocenters. The van der Waals surface area contributed by atoms with E-state index < -0.39 is 0 Å². The van der Waals surface area contributed by atoms with Crippen molar-refractivity contribution in [3.63, 3.8) is 0 Å². The smallest absolute Gasteiger partial charge is 0.160 e. The van der Waals surface area contributed by atoms with E-state index in [2.05, 4.69) is 336 Å². The fourth-order valence-electron chi connectivity index (χ4n) is 14.8. The molecule has 0 aliphatic rings. The summed E-state index contributed by atoms with van der Waals surface area (Å²) < 4.78 is 0. The van der Waals surface area contributed by atoms with Crippen LogP contribution < -0.4 is 0 Å². The fraction of sp³-hybridized carbons (Fsp3) is 0. The Balaban J connectivity index is 0.000000149. The summed E-state index contributed by atoms with van der Waals surface area (Å²) in [6, 6.07) is 122. The largest absolute Gasteiger partial charge is 0.264 e. The van der Waals surface area contributed by atoms with Crippen LogP contribution in [0.5, 0.6) is 0 Å². The molecule has 0 fully saturated rings. The molecular weight excluding hydrogens is 1260 g/mol. The molecule has 7 heteroatoms. The second-order valence-corrected chi connectivity index (χ2v) is 25.9. The van der Waals surface area contributed by atoms with Gasteiger partial charge in [0.1, 0.15) is 0 Å². The van der Waals surface area contributed by atoms with Crippen LogP contribution in [-0.4, -0.2) is 34.9 Å². The van der Waals surface area contributed by atoms with Crippen LogP contribution in [0, 0.1) is 0 Å². The van der Waals surface area contributed by atoms with Crippen molar-refractivity contribution in [3.8, 4) is 135 Å². The lowest BCUT2D eigenvalue weighted by Crippen LogP contribution is -1.97. The molecule has 0 spiro atoms. The van der Waals surface area contributed by atoms with Gasteiger partial charge in [0, 0.05) is 76.1 Å². The maximum Gasteiger partial charge on any atom is 0.160 e. The van der Waals surface area contributed by atoms with Gasteiger partial charge >= 0.3 is 0 Å². The van der Waals surface area contributed by atoms with Gasteiger partial charge in [-0.1, -0.05) is 291 Å². The van der Waals surface area contributed by atoms with E-state index in [0.717, 1.165) is 94.9 Å². The van der Waals surface area contributed by atoms with Gasteiger partial charge in [0.25, 0.3) is 0 Å². The van der Waals surface area contributed by atoms with E-state index in [1.165, 1.54) is 81.9 Å². The van der Waals surface area contributed by atoms with Crippen LogP contribution in [0.15, 0.2) is 383 Å². The number of aromatic nitrogens is 7. The molecule has 19 rings (SSSR count). The van der Waals surface area contributed by atoms with Gasteiger partial charge in [-0.05, 0) is 170 Å². The summed E-state index contributed by atoms with van der Waals surface area (Å²) in [6.07, 6.45) is 11.0. The van der Waals surface area contributed by atoms with Gasteiger partial charge in [-0.15, -0.1) is 0 Å². The predicted octanol–water partition coefficient (Wildman–Crippen LogP) is 24.9. The maximum absolute atomic E-state index is 5.31. The zero-order valence-electron chi connectivity index (χ0n) is 56.5. The number of benzene rings is 14. The monoisotopic (exact) mass is 1330 g/mol. The predicted molar refractivity (Wildman–Crippen MR) is 430 cm³/mol. The van der Waals surface area contributed by atoms with Crippen molar-refractivity contribution in [1.82, 2.24) is 34.9 Å². The summed E-state index contributed by atoms with van der Waals surface area (Å²) in [6.45, 7) is 0. The second-order valence-electron chi connectivity index (χ2n) is 25.9. The third kappa shape index (κ3) is 12.1. The van der Waals surface area contributed by atoms with E-state index in [-0.39, 0.29) is 0 Å². The van der Waals surface area contributed by atoms with E-state index in [1.807, 2.05) is 42.9 Å². The summed E-state index contributed by atoms with van der Waals surface area (Å²) in [5.74, 6) is 1.34. The van der Waals surface area contributed by atoms with Crippen LogP contribution in [0.2, 0.25) is 0 Å². The summed E-state index contributed by atoms with van der Waals surface area (Å²) in [5, 5.41) is 12.1. The Morgan fingerprint density at radius 1 is 0.163 bits per heavy atom. The Labute approximate surface area is 602 Å². The third-order valence-corrected chi connectivity index (χ3v) is 19.6. The Morgan fingerprint density at radius 3 is 0.942 bits per heavy atom. The van der Waals surface area contributed by atoms with Gasteiger partial charge in [0.2, 0.25) is 0 Å². The normalized spacial score (nSPS) is 11.3. The first-order valence-corrected chi connectivity index (χ1v) is 35.0. The van der Waals surface area contributed by atoms with Crippen molar-refractivity contribution < 1.29 is 0 Å². The van der Waals surface area contributed by atoms with E-state index in [9.17, 15) is 0 Å². The third-order valence-electron chi connectivity index (χ3n) is 19.6. The highest BCUT2D eigenvalue weighted by molar-refractivity contribution is 6.23. The minimum atomic E-state index is 0.657. The molecule has 0 saturated heterocycles. The van der Waals surface area contributed by atoms with Crippen LogP contribution >= 0.6 is 0 Å². The van der Waals surface area contributed by atoms with Crippen LogP contribution in [0.1, 0.15) is 0 Å². The molecule has 0 unspecified atom stereocenters. The molecule has 19 aromatic rings. The Morgan fingerprint density at radius 2 is 0.471 bits per heavy atom. The zero-order valence-corrected chi connectivity index (χ0v) is 56.5. The molecule has 0 bridgehead atoms. The van der Waals surface area contributed by atoms with E-state index >= 15 is 0 Å². The number of rotatable bonds is 12. The van der Waals surface area contributed by atoms with Crippen molar-refractivity contribution in [2.45, 2.75) is 0 Å². The first-order chi connectivity index (χ1) is 51.6. The highest BCUT2D eigenvalue weighted by Gasteiger charge is 2.22. The molecule has 104 heavy (non-hydrogen) atoms. The first kappa shape index (κ1) is 62.3. The van der Waals surface area contributed by atoms with Crippen molar-refractivity contribution >= 4 is 53.9 Å². The fourth-order valence-corrected chi connectivity index (χ4v) is 14.8. The van der Waals surface area contributed by atoms with Gasteiger partial charge in [0.05, 0.1) is 22.8 Å². The van der Waals surface area contributed by atoms with Gasteiger partial charge in [-0.25, -0.2) is 19.9 Å². The van der Waals surface area contributed by atoms with Crippen molar-refractivity contribution in [2.24, 2.45) is 0 Å². The van der Waals surface area contributed by atoms with Gasteiger partial charge < -0.3 is 0 Å². The first-order valence-electron chi connectivity index (χ1n) is 35.0. The molecular formula is C97H63N7. The minimum absolute atomic E-state index is 0.657. The summed E-state index contributed by atoms with van der Waals surface area (Å²) in [5.41, 5.74) is 23.3. The van der Waals surface area contributed by atoms with Crippen LogP contribution in [0.25, 0.3) is 188 Å². The molecule has 5 aromatic heterocycles. The highest BCUT2D eigenvalue weighted by Crippen LogP contribution is 2.47. The van der Waals surface area contributed by atoms with Crippen molar-refractivity contribution in [1.29, 1.82) is 0 Å². The lowest BCUT2D eigenvalue weighted by Gasteiger charge is -2.18. The molecule has 7 nitrogen and oxygen atoms in total. The maximum atomic E-state index is 5.31. The highest BCUT2D eigenvalue weighted by atomic mass is 14.9. The average molecular weight is 1330 g/mol.